The molecule has 0 aromatic carbocycles. The van der Waals surface area contributed by atoms with Gasteiger partial charge >= 0.3 is 0 Å². The van der Waals surface area contributed by atoms with E-state index in [1.165, 1.54) is 13.0 Å². The van der Waals surface area contributed by atoms with Crippen LogP contribution in [0, 0.1) is 11.8 Å². The van der Waals surface area contributed by atoms with E-state index in [9.17, 15) is 4.79 Å². The second-order valence-electron chi connectivity index (χ2n) is 7.32. The predicted octanol–water partition coefficient (Wildman–Crippen LogP) is -2.83. The van der Waals surface area contributed by atoms with Crippen LogP contribution in [0.4, 0.5) is 0 Å². The fraction of sp³-hybridized carbons (Fsp3) is 0.812. The highest BCUT2D eigenvalue weighted by Gasteiger charge is 2.47. The predicted molar refractivity (Wildman–Crippen MR) is 84.7 cm³/mol. The molecule has 0 saturated carbocycles. The minimum absolute atomic E-state index is 0.203. The van der Waals surface area contributed by atoms with E-state index in [2.05, 4.69) is 16.0 Å². The van der Waals surface area contributed by atoms with Gasteiger partial charge in [0.1, 0.15) is 18.3 Å². The second kappa shape index (κ2) is 6.78. The molecule has 1 aromatic rings. The van der Waals surface area contributed by atoms with Crippen LogP contribution < -0.4 is 10.6 Å². The van der Waals surface area contributed by atoms with Gasteiger partial charge in [-0.3, -0.25) is 4.79 Å². The Labute approximate surface area is 141 Å². The molecule has 24 heavy (non-hydrogen) atoms. The SMILES string of the molecule is [NH3+]Cc1cn(C[C@H]2C[C@@H]3CC[NH+]2C[C@@H]3C(=O)N2CCOCC2)nn1. The molecule has 0 radical (unpaired) electrons. The second-order valence-corrected chi connectivity index (χ2v) is 7.32. The van der Waals surface area contributed by atoms with Crippen LogP contribution >= 0.6 is 0 Å². The zero-order valence-corrected chi connectivity index (χ0v) is 14.2. The van der Waals surface area contributed by atoms with Crippen molar-refractivity contribution in [2.45, 2.75) is 32.0 Å². The average molecular weight is 336 g/mol. The van der Waals surface area contributed by atoms with Crippen LogP contribution in [0.1, 0.15) is 18.5 Å². The molecule has 2 bridgehead atoms. The number of carbonyl (C=O) groups is 1. The van der Waals surface area contributed by atoms with Crippen LogP contribution in [0.3, 0.4) is 0 Å². The molecule has 8 heteroatoms. The van der Waals surface area contributed by atoms with Gasteiger partial charge in [-0.15, -0.1) is 5.10 Å². The van der Waals surface area contributed by atoms with Crippen LogP contribution in [-0.4, -0.2) is 71.2 Å². The number of nitrogens with zero attached hydrogens (tertiary/aromatic N) is 4. The Hall–Kier alpha value is -1.51. The summed E-state index contributed by atoms with van der Waals surface area (Å²) in [4.78, 5) is 16.5. The van der Waals surface area contributed by atoms with E-state index in [1.54, 1.807) is 4.90 Å². The quantitative estimate of drug-likeness (QED) is 0.620. The third kappa shape index (κ3) is 3.05. The van der Waals surface area contributed by atoms with E-state index >= 15 is 0 Å². The maximum Gasteiger partial charge on any atom is 0.231 e. The maximum absolute atomic E-state index is 12.9. The smallest absolute Gasteiger partial charge is 0.231 e. The van der Waals surface area contributed by atoms with Crippen LogP contribution in [0.2, 0.25) is 0 Å². The first kappa shape index (κ1) is 16.0. The number of nitrogens with one attached hydrogen (secondary N) is 1. The topological polar surface area (TPSA) is 92.3 Å². The minimum Gasteiger partial charge on any atom is -0.378 e. The van der Waals surface area contributed by atoms with Gasteiger partial charge in [0.15, 0.2) is 0 Å². The molecular weight excluding hydrogens is 308 g/mol. The number of fused-ring (bicyclic) bond motifs is 3. The molecular formula is C16H28N6O2+2. The lowest BCUT2D eigenvalue weighted by atomic mass is 9.75. The summed E-state index contributed by atoms with van der Waals surface area (Å²) in [6.45, 7) is 6.62. The molecule has 4 saturated heterocycles. The summed E-state index contributed by atoms with van der Waals surface area (Å²) in [7, 11) is 0. The third-order valence-electron chi connectivity index (χ3n) is 5.94. The number of rotatable bonds is 4. The van der Waals surface area contributed by atoms with Gasteiger partial charge in [-0.2, -0.15) is 0 Å². The molecule has 132 valence electrons. The van der Waals surface area contributed by atoms with Crippen molar-refractivity contribution >= 4 is 5.91 Å². The van der Waals surface area contributed by atoms with E-state index < -0.39 is 0 Å². The summed E-state index contributed by atoms with van der Waals surface area (Å²) in [6, 6.07) is 0.553. The Morgan fingerprint density at radius 2 is 2.25 bits per heavy atom. The summed E-state index contributed by atoms with van der Waals surface area (Å²) in [5.41, 5.74) is 4.80. The van der Waals surface area contributed by atoms with Crippen LogP contribution in [0.15, 0.2) is 6.20 Å². The number of amides is 1. The Morgan fingerprint density at radius 3 is 2.92 bits per heavy atom. The average Bonchev–Trinajstić information content (AvgIpc) is 3.10. The molecule has 1 aromatic heterocycles. The van der Waals surface area contributed by atoms with E-state index in [4.69, 9.17) is 4.74 Å². The number of quaternary nitrogens is 2. The Morgan fingerprint density at radius 1 is 1.42 bits per heavy atom. The van der Waals surface area contributed by atoms with Crippen LogP contribution in [0.5, 0.6) is 0 Å². The first-order valence-corrected chi connectivity index (χ1v) is 9.14. The van der Waals surface area contributed by atoms with Gasteiger partial charge in [0.2, 0.25) is 5.91 Å². The van der Waals surface area contributed by atoms with E-state index in [-0.39, 0.29) is 5.92 Å². The van der Waals surface area contributed by atoms with Gasteiger partial charge in [-0.1, -0.05) is 5.21 Å². The lowest BCUT2D eigenvalue weighted by Gasteiger charge is -2.47. The first-order valence-electron chi connectivity index (χ1n) is 9.14. The van der Waals surface area contributed by atoms with Crippen molar-refractivity contribution in [2.24, 2.45) is 11.8 Å². The largest absolute Gasteiger partial charge is 0.378 e. The molecule has 0 aliphatic carbocycles. The highest BCUT2D eigenvalue weighted by Crippen LogP contribution is 2.29. The number of aromatic nitrogens is 3. The van der Waals surface area contributed by atoms with E-state index in [1.807, 2.05) is 15.8 Å². The van der Waals surface area contributed by atoms with Crippen molar-refractivity contribution in [3.05, 3.63) is 11.9 Å². The van der Waals surface area contributed by atoms with Gasteiger partial charge < -0.3 is 20.3 Å². The standard InChI is InChI=1S/C16H26N6O2/c17-8-13-9-22(19-18-13)10-14-7-12-1-2-21(14)11-15(12)16(23)20-3-5-24-6-4-20/h9,12,14-15H,1-8,10-11,17H2/p+2/t12-,14+,15-/m0/s1. The van der Waals surface area contributed by atoms with Crippen LogP contribution in [-0.2, 0) is 22.6 Å². The molecule has 4 aliphatic rings. The van der Waals surface area contributed by atoms with E-state index in [0.717, 1.165) is 38.3 Å². The van der Waals surface area contributed by atoms with Crippen molar-refractivity contribution in [2.75, 3.05) is 39.4 Å². The highest BCUT2D eigenvalue weighted by molar-refractivity contribution is 5.79. The number of ether oxygens (including phenoxy) is 1. The Balaban J connectivity index is 1.39. The van der Waals surface area contributed by atoms with Crippen molar-refractivity contribution in [3.8, 4) is 0 Å². The molecule has 4 aliphatic heterocycles. The van der Waals surface area contributed by atoms with Gasteiger partial charge in [-0.25, -0.2) is 4.68 Å². The molecule has 0 spiro atoms. The van der Waals surface area contributed by atoms with Gasteiger partial charge in [0, 0.05) is 25.9 Å². The van der Waals surface area contributed by atoms with Gasteiger partial charge in [0.05, 0.1) is 45.0 Å². The first-order chi connectivity index (χ1) is 11.7. The third-order valence-corrected chi connectivity index (χ3v) is 5.94. The van der Waals surface area contributed by atoms with E-state index in [0.29, 0.717) is 37.6 Å². The molecule has 8 nitrogen and oxygen atoms in total. The lowest BCUT2D eigenvalue weighted by molar-refractivity contribution is -0.945. The minimum atomic E-state index is 0.203. The van der Waals surface area contributed by atoms with Crippen molar-refractivity contribution in [1.82, 2.24) is 19.9 Å². The summed E-state index contributed by atoms with van der Waals surface area (Å²) in [6.07, 6.45) is 4.30. The molecule has 1 amide bonds. The molecule has 1 unspecified atom stereocenters. The molecule has 4 fully saturated rings. The van der Waals surface area contributed by atoms with Crippen LogP contribution in [0.25, 0.3) is 0 Å². The number of hydrogen-bond donors (Lipinski definition) is 2. The summed E-state index contributed by atoms with van der Waals surface area (Å²) in [5.74, 6) is 1.09. The summed E-state index contributed by atoms with van der Waals surface area (Å²) < 4.78 is 7.33. The maximum atomic E-state index is 12.9. The number of hydrogen-bond acceptors (Lipinski definition) is 4. The zero-order valence-electron chi connectivity index (χ0n) is 14.2. The van der Waals surface area contributed by atoms with Crippen molar-refractivity contribution in [3.63, 3.8) is 0 Å². The Kier molecular flexibility index (Phi) is 4.51. The number of carbonyl (C=O) groups excluding carboxylic acids is 1. The highest BCUT2D eigenvalue weighted by atomic mass is 16.5. The van der Waals surface area contributed by atoms with Crippen molar-refractivity contribution in [1.29, 1.82) is 0 Å². The molecule has 4 N–H and O–H groups in total. The fourth-order valence-corrected chi connectivity index (χ4v) is 4.59. The van der Waals surface area contributed by atoms with Gasteiger partial charge in [-0.05, 0) is 5.92 Å². The lowest BCUT2D eigenvalue weighted by Crippen LogP contribution is -3.20. The zero-order chi connectivity index (χ0) is 16.5. The normalized spacial score (nSPS) is 33.0. The number of morpholine rings is 1. The summed E-state index contributed by atoms with van der Waals surface area (Å²) in [5, 5.41) is 8.35. The Bertz CT molecular complexity index is 585. The van der Waals surface area contributed by atoms with Gasteiger partial charge in [0.25, 0.3) is 0 Å². The molecule has 5 rings (SSSR count). The van der Waals surface area contributed by atoms with Crippen molar-refractivity contribution < 1.29 is 20.2 Å². The monoisotopic (exact) mass is 336 g/mol. The summed E-state index contributed by atoms with van der Waals surface area (Å²) >= 11 is 0. The molecule has 4 atom stereocenters. The number of piperidine rings is 3. The molecule has 5 heterocycles. The fourth-order valence-electron chi connectivity index (χ4n) is 4.59.